The van der Waals surface area contributed by atoms with Gasteiger partial charge < -0.3 is 10.1 Å². The predicted octanol–water partition coefficient (Wildman–Crippen LogP) is 2.18. The van der Waals surface area contributed by atoms with Crippen molar-refractivity contribution in [2.45, 2.75) is 44.6 Å². The van der Waals surface area contributed by atoms with E-state index in [1.165, 1.54) is 5.19 Å². The summed E-state index contributed by atoms with van der Waals surface area (Å²) in [4.78, 5) is 12.9. The predicted molar refractivity (Wildman–Crippen MR) is 88.0 cm³/mol. The monoisotopic (exact) mass is 303 g/mol. The van der Waals surface area contributed by atoms with Crippen LogP contribution in [0.15, 0.2) is 24.3 Å². The van der Waals surface area contributed by atoms with Crippen molar-refractivity contribution in [1.82, 2.24) is 5.32 Å². The summed E-state index contributed by atoms with van der Waals surface area (Å²) in [5, 5.41) is 4.92. The third kappa shape index (κ3) is 3.28. The molecule has 2 unspecified atom stereocenters. The average molecular weight is 303 g/mol. The maximum Gasteiger partial charge on any atom is 0.166 e. The number of piperidine rings is 1. The highest BCUT2D eigenvalue weighted by Crippen LogP contribution is 2.27. The Balaban J connectivity index is 1.79. The number of carbonyl (C=O) groups excluding carboxylic acids is 1. The van der Waals surface area contributed by atoms with Gasteiger partial charge in [0, 0.05) is 23.6 Å². The zero-order valence-electron chi connectivity index (χ0n) is 13.2. The first-order chi connectivity index (χ1) is 9.93. The van der Waals surface area contributed by atoms with Gasteiger partial charge in [0.25, 0.3) is 0 Å². The normalized spacial score (nSPS) is 29.2. The third-order valence-corrected chi connectivity index (χ3v) is 6.67. The molecule has 4 heteroatoms. The summed E-state index contributed by atoms with van der Waals surface area (Å²) in [7, 11) is -1.37. The van der Waals surface area contributed by atoms with Crippen molar-refractivity contribution >= 4 is 19.0 Å². The lowest BCUT2D eigenvalue weighted by Crippen LogP contribution is -2.55. The van der Waals surface area contributed by atoms with Gasteiger partial charge in [-0.15, -0.1) is 0 Å². The van der Waals surface area contributed by atoms with Gasteiger partial charge in [-0.05, 0) is 12.8 Å². The van der Waals surface area contributed by atoms with Gasteiger partial charge in [-0.1, -0.05) is 49.1 Å². The van der Waals surface area contributed by atoms with Gasteiger partial charge in [0.2, 0.25) is 0 Å². The number of carbonyl (C=O) groups is 1. The molecular formula is C17H25NO2Si. The first-order valence-electron chi connectivity index (χ1n) is 7.92. The first-order valence-corrected chi connectivity index (χ1v) is 11.4. The van der Waals surface area contributed by atoms with Gasteiger partial charge in [0.15, 0.2) is 5.78 Å². The van der Waals surface area contributed by atoms with Gasteiger partial charge >= 0.3 is 0 Å². The smallest absolute Gasteiger partial charge is 0.166 e. The Kier molecular flexibility index (Phi) is 4.03. The van der Waals surface area contributed by atoms with Gasteiger partial charge in [-0.25, -0.2) is 0 Å². The van der Waals surface area contributed by atoms with Gasteiger partial charge in [0.05, 0.1) is 21.3 Å². The molecule has 114 valence electrons. The maximum atomic E-state index is 12.9. The molecule has 1 N–H and O–H groups in total. The number of hydrogen-bond acceptors (Lipinski definition) is 3. The highest BCUT2D eigenvalue weighted by Gasteiger charge is 2.35. The van der Waals surface area contributed by atoms with Crippen LogP contribution in [-0.4, -0.2) is 39.2 Å². The van der Waals surface area contributed by atoms with Crippen LogP contribution in [0.3, 0.4) is 0 Å². The fourth-order valence-corrected chi connectivity index (χ4v) is 4.61. The molecule has 2 aliphatic heterocycles. The molecule has 0 aliphatic carbocycles. The molecule has 3 nitrogen and oxygen atoms in total. The zero-order valence-corrected chi connectivity index (χ0v) is 14.2. The molecule has 1 aromatic rings. The number of hydrogen-bond donors (Lipinski definition) is 1. The molecular weight excluding hydrogens is 278 g/mol. The van der Waals surface area contributed by atoms with E-state index in [1.54, 1.807) is 0 Å². The molecule has 0 radical (unpaired) electrons. The molecule has 2 bridgehead atoms. The van der Waals surface area contributed by atoms with Gasteiger partial charge in [-0.2, -0.15) is 0 Å². The minimum atomic E-state index is -1.37. The highest BCUT2D eigenvalue weighted by atomic mass is 28.3. The zero-order chi connectivity index (χ0) is 15.0. The molecule has 2 saturated heterocycles. The summed E-state index contributed by atoms with van der Waals surface area (Å²) in [6.45, 7) is 8.46. The summed E-state index contributed by atoms with van der Waals surface area (Å²) in [5.41, 5.74) is 0.904. The largest absolute Gasteiger partial charge is 0.378 e. The first kappa shape index (κ1) is 14.9. The number of morpholine rings is 1. The molecule has 2 heterocycles. The second-order valence-electron chi connectivity index (χ2n) is 7.46. The van der Waals surface area contributed by atoms with Crippen LogP contribution in [0.25, 0.3) is 0 Å². The Morgan fingerprint density at radius 1 is 1.19 bits per heavy atom. The fraction of sp³-hybridized carbons (Fsp3) is 0.588. The van der Waals surface area contributed by atoms with Crippen LogP contribution >= 0.6 is 0 Å². The SMILES string of the molecule is C[Si](C)(C)c1cccc(C(=O)C2CC3COCC(C2)N3)c1. The summed E-state index contributed by atoms with van der Waals surface area (Å²) in [5.74, 6) is 0.482. The number of rotatable bonds is 3. The average Bonchev–Trinajstić information content (AvgIpc) is 2.45. The standard InChI is InChI=1S/C17H25NO2Si/c1-21(2,3)16-6-4-5-12(9-16)17(19)13-7-14-10-20-11-15(8-13)18-14/h4-6,9,13-15,18H,7-8,10-11H2,1-3H3. The van der Waals surface area contributed by atoms with E-state index in [-0.39, 0.29) is 5.92 Å². The Morgan fingerprint density at radius 2 is 1.86 bits per heavy atom. The number of ketones is 1. The van der Waals surface area contributed by atoms with E-state index in [0.717, 1.165) is 31.6 Å². The van der Waals surface area contributed by atoms with Gasteiger partial charge in [0.1, 0.15) is 0 Å². The van der Waals surface area contributed by atoms with Crippen LogP contribution < -0.4 is 10.5 Å². The second kappa shape index (κ2) is 5.67. The van der Waals surface area contributed by atoms with E-state index in [2.05, 4.69) is 37.1 Å². The van der Waals surface area contributed by atoms with E-state index in [0.29, 0.717) is 17.9 Å². The summed E-state index contributed by atoms with van der Waals surface area (Å²) in [6.07, 6.45) is 1.82. The Morgan fingerprint density at radius 3 is 2.48 bits per heavy atom. The van der Waals surface area contributed by atoms with Crippen LogP contribution in [-0.2, 0) is 4.74 Å². The number of fused-ring (bicyclic) bond motifs is 2. The van der Waals surface area contributed by atoms with Crippen molar-refractivity contribution in [3.05, 3.63) is 29.8 Å². The second-order valence-corrected chi connectivity index (χ2v) is 12.5. The summed E-state index contributed by atoms with van der Waals surface area (Å²) in [6, 6.07) is 9.06. The molecule has 0 aromatic heterocycles. The lowest BCUT2D eigenvalue weighted by Gasteiger charge is -2.39. The quantitative estimate of drug-likeness (QED) is 0.687. The minimum absolute atomic E-state index is 0.155. The molecule has 0 saturated carbocycles. The van der Waals surface area contributed by atoms with Crippen LogP contribution in [0, 0.1) is 5.92 Å². The summed E-state index contributed by atoms with van der Waals surface area (Å²) >= 11 is 0. The Hall–Kier alpha value is -0.973. The molecule has 2 aliphatic rings. The van der Waals surface area contributed by atoms with E-state index in [4.69, 9.17) is 4.74 Å². The van der Waals surface area contributed by atoms with E-state index in [9.17, 15) is 4.79 Å². The summed E-state index contributed by atoms with van der Waals surface area (Å²) < 4.78 is 5.57. The van der Waals surface area contributed by atoms with Crippen molar-refractivity contribution in [3.8, 4) is 0 Å². The van der Waals surface area contributed by atoms with Crippen molar-refractivity contribution in [3.63, 3.8) is 0 Å². The minimum Gasteiger partial charge on any atom is -0.378 e. The van der Waals surface area contributed by atoms with E-state index in [1.807, 2.05) is 12.1 Å². The van der Waals surface area contributed by atoms with E-state index >= 15 is 0 Å². The van der Waals surface area contributed by atoms with Crippen LogP contribution in [0.1, 0.15) is 23.2 Å². The molecule has 21 heavy (non-hydrogen) atoms. The molecule has 2 fully saturated rings. The molecule has 0 amide bonds. The van der Waals surface area contributed by atoms with Crippen LogP contribution in [0.4, 0.5) is 0 Å². The third-order valence-electron chi connectivity index (χ3n) is 4.63. The van der Waals surface area contributed by atoms with Crippen molar-refractivity contribution < 1.29 is 9.53 Å². The topological polar surface area (TPSA) is 38.3 Å². The van der Waals surface area contributed by atoms with Crippen LogP contribution in [0.2, 0.25) is 19.6 Å². The molecule has 3 rings (SSSR count). The highest BCUT2D eigenvalue weighted by molar-refractivity contribution is 6.88. The van der Waals surface area contributed by atoms with Crippen LogP contribution in [0.5, 0.6) is 0 Å². The lowest BCUT2D eigenvalue weighted by molar-refractivity contribution is 0.00953. The van der Waals surface area contributed by atoms with Gasteiger partial charge in [-0.3, -0.25) is 4.79 Å². The lowest BCUT2D eigenvalue weighted by atomic mass is 9.82. The number of benzene rings is 1. The maximum absolute atomic E-state index is 12.9. The van der Waals surface area contributed by atoms with E-state index < -0.39 is 8.07 Å². The fourth-order valence-electron chi connectivity index (χ4n) is 3.43. The van der Waals surface area contributed by atoms with Crippen molar-refractivity contribution in [2.24, 2.45) is 5.92 Å². The molecule has 0 spiro atoms. The molecule has 1 aromatic carbocycles. The Labute approximate surface area is 128 Å². The number of ether oxygens (including phenoxy) is 1. The van der Waals surface area contributed by atoms with Crippen molar-refractivity contribution in [1.29, 1.82) is 0 Å². The number of Topliss-reactive ketones (excluding diaryl/α,β-unsaturated/α-hetero) is 1. The molecule has 2 atom stereocenters. The number of nitrogens with one attached hydrogen (secondary N) is 1. The van der Waals surface area contributed by atoms with Crippen molar-refractivity contribution in [2.75, 3.05) is 13.2 Å². The Bertz CT molecular complexity index is 526.